The van der Waals surface area contributed by atoms with Crippen molar-refractivity contribution in [3.05, 3.63) is 70.8 Å². The zero-order chi connectivity index (χ0) is 29.4. The Morgan fingerprint density at radius 3 is 2.61 bits per heavy atom. The second-order valence-electron chi connectivity index (χ2n) is 11.6. The third-order valence-corrected chi connectivity index (χ3v) is 7.12. The molecule has 2 aromatic carbocycles. The molecule has 9 nitrogen and oxygen atoms in total. The summed E-state index contributed by atoms with van der Waals surface area (Å²) in [5, 5.41) is 12.7. The Kier molecular flexibility index (Phi) is 10.2. The molecular formula is C32H41N3O6. The Bertz CT molecular complexity index is 1250. The molecule has 0 bridgehead atoms. The highest BCUT2D eigenvalue weighted by molar-refractivity contribution is 6.02. The van der Waals surface area contributed by atoms with Gasteiger partial charge in [0.25, 0.3) is 5.91 Å². The van der Waals surface area contributed by atoms with E-state index in [-0.39, 0.29) is 29.9 Å². The fourth-order valence-corrected chi connectivity index (χ4v) is 5.12. The quantitative estimate of drug-likeness (QED) is 0.316. The van der Waals surface area contributed by atoms with Crippen LogP contribution in [-0.4, -0.2) is 83.7 Å². The number of amides is 1. The van der Waals surface area contributed by atoms with E-state index in [9.17, 15) is 19.5 Å². The maximum absolute atomic E-state index is 13.3. The molecule has 0 spiro atoms. The molecule has 1 fully saturated rings. The summed E-state index contributed by atoms with van der Waals surface area (Å²) in [7, 11) is 0. The van der Waals surface area contributed by atoms with Crippen molar-refractivity contribution in [1.29, 1.82) is 0 Å². The highest BCUT2D eigenvalue weighted by Gasteiger charge is 2.32. The zero-order valence-corrected chi connectivity index (χ0v) is 24.2. The number of hydrogen-bond acceptors (Lipinski definition) is 7. The summed E-state index contributed by atoms with van der Waals surface area (Å²) >= 11 is 0. The molecule has 0 aliphatic carbocycles. The standard InChI is InChI=1S/C32H41N3O6/c1-32(2,3)41-31(39)28-21-33-13-16-34(28)14-7-17-40-27-11-10-24-22-35(15-12-23-8-5-4-6-9-23)30(38)26(20-29(36)37)18-25(24)19-27/h4-6,8-11,18-19,28,33H,7,12-17,20-22H2,1-3H3,(H,36,37). The van der Waals surface area contributed by atoms with Crippen LogP contribution < -0.4 is 10.1 Å². The molecule has 2 N–H and O–H groups in total. The van der Waals surface area contributed by atoms with Gasteiger partial charge in [-0.3, -0.25) is 19.3 Å². The van der Waals surface area contributed by atoms with E-state index in [1.165, 1.54) is 0 Å². The van der Waals surface area contributed by atoms with Crippen LogP contribution in [0.4, 0.5) is 0 Å². The van der Waals surface area contributed by atoms with Crippen LogP contribution in [0, 0.1) is 0 Å². The minimum Gasteiger partial charge on any atom is -0.494 e. The average molecular weight is 564 g/mol. The van der Waals surface area contributed by atoms with Gasteiger partial charge in [0.1, 0.15) is 17.4 Å². The van der Waals surface area contributed by atoms with Crippen molar-refractivity contribution >= 4 is 23.9 Å². The lowest BCUT2D eigenvalue weighted by molar-refractivity contribution is -0.162. The lowest BCUT2D eigenvalue weighted by Gasteiger charge is -2.36. The van der Waals surface area contributed by atoms with Crippen LogP contribution in [0.1, 0.15) is 50.3 Å². The number of ether oxygens (including phenoxy) is 2. The van der Waals surface area contributed by atoms with E-state index in [2.05, 4.69) is 10.2 Å². The minimum absolute atomic E-state index is 0.215. The number of carbonyl (C=O) groups is 3. The summed E-state index contributed by atoms with van der Waals surface area (Å²) in [5.41, 5.74) is 2.59. The van der Waals surface area contributed by atoms with Gasteiger partial charge in [-0.25, -0.2) is 0 Å². The predicted octanol–water partition coefficient (Wildman–Crippen LogP) is 3.51. The number of aliphatic carboxylic acids is 1. The highest BCUT2D eigenvalue weighted by Crippen LogP contribution is 2.27. The average Bonchev–Trinajstić information content (AvgIpc) is 3.05. The lowest BCUT2D eigenvalue weighted by atomic mass is 10.0. The van der Waals surface area contributed by atoms with Gasteiger partial charge >= 0.3 is 11.9 Å². The summed E-state index contributed by atoms with van der Waals surface area (Å²) in [6, 6.07) is 15.3. The molecule has 2 heterocycles. The largest absolute Gasteiger partial charge is 0.494 e. The van der Waals surface area contributed by atoms with Gasteiger partial charge in [-0.1, -0.05) is 36.4 Å². The van der Waals surface area contributed by atoms with E-state index < -0.39 is 11.6 Å². The molecule has 0 saturated carbocycles. The fraction of sp³-hybridized carbons (Fsp3) is 0.469. The van der Waals surface area contributed by atoms with Crippen molar-refractivity contribution in [3.63, 3.8) is 0 Å². The van der Waals surface area contributed by atoms with Crippen LogP contribution in [0.5, 0.6) is 5.75 Å². The van der Waals surface area contributed by atoms with Crippen LogP contribution in [0.2, 0.25) is 0 Å². The normalized spacial score (nSPS) is 17.8. The van der Waals surface area contributed by atoms with Crippen LogP contribution in [-0.2, 0) is 32.1 Å². The summed E-state index contributed by atoms with van der Waals surface area (Å²) in [6.45, 7) is 9.80. The molecule has 1 unspecified atom stereocenters. The number of hydrogen-bond donors (Lipinski definition) is 2. The number of carboxylic acid groups (broad SMARTS) is 1. The van der Waals surface area contributed by atoms with Crippen molar-refractivity contribution in [1.82, 2.24) is 15.1 Å². The van der Waals surface area contributed by atoms with Gasteiger partial charge in [0.05, 0.1) is 13.0 Å². The molecule has 41 heavy (non-hydrogen) atoms. The number of piperazine rings is 1. The number of fused-ring (bicyclic) bond motifs is 1. The Hall–Kier alpha value is -3.69. The lowest BCUT2D eigenvalue weighted by Crippen LogP contribution is -2.56. The number of esters is 1. The Labute approximate surface area is 242 Å². The molecule has 2 aliphatic heterocycles. The molecule has 2 aromatic rings. The van der Waals surface area contributed by atoms with Gasteiger partial charge in [0.2, 0.25) is 0 Å². The number of nitrogens with one attached hydrogen (secondary N) is 1. The monoisotopic (exact) mass is 563 g/mol. The first-order valence-corrected chi connectivity index (χ1v) is 14.3. The molecule has 4 rings (SSSR count). The smallest absolute Gasteiger partial charge is 0.325 e. The maximum atomic E-state index is 13.3. The van der Waals surface area contributed by atoms with Crippen molar-refractivity contribution < 1.29 is 29.0 Å². The Balaban J connectivity index is 1.38. The fourth-order valence-electron chi connectivity index (χ4n) is 5.12. The van der Waals surface area contributed by atoms with Gasteiger partial charge < -0.3 is 24.8 Å². The van der Waals surface area contributed by atoms with Crippen molar-refractivity contribution in [2.24, 2.45) is 0 Å². The molecular weight excluding hydrogens is 522 g/mol. The van der Waals surface area contributed by atoms with E-state index in [1.807, 2.05) is 69.3 Å². The predicted molar refractivity (Wildman–Crippen MR) is 156 cm³/mol. The van der Waals surface area contributed by atoms with E-state index in [0.717, 1.165) is 36.2 Å². The Morgan fingerprint density at radius 1 is 1.10 bits per heavy atom. The molecule has 220 valence electrons. The van der Waals surface area contributed by atoms with Crippen molar-refractivity contribution in [3.8, 4) is 5.75 Å². The summed E-state index contributed by atoms with van der Waals surface area (Å²) in [5.74, 6) is -0.852. The van der Waals surface area contributed by atoms with E-state index >= 15 is 0 Å². The van der Waals surface area contributed by atoms with Crippen molar-refractivity contribution in [2.75, 3.05) is 39.3 Å². The Morgan fingerprint density at radius 2 is 1.88 bits per heavy atom. The SMILES string of the molecule is CC(C)(C)OC(=O)C1CNCCN1CCCOc1ccc2c(c1)C=C(CC(=O)O)C(=O)N(CCc1ccccc1)C2. The van der Waals surface area contributed by atoms with Crippen molar-refractivity contribution in [2.45, 2.75) is 58.2 Å². The zero-order valence-electron chi connectivity index (χ0n) is 24.2. The molecule has 0 radical (unpaired) electrons. The van der Waals surface area contributed by atoms with E-state index in [1.54, 1.807) is 11.0 Å². The van der Waals surface area contributed by atoms with Gasteiger partial charge in [-0.05, 0) is 68.5 Å². The van der Waals surface area contributed by atoms with Crippen LogP contribution >= 0.6 is 0 Å². The summed E-state index contributed by atoms with van der Waals surface area (Å²) < 4.78 is 11.7. The van der Waals surface area contributed by atoms with Gasteiger partial charge in [-0.15, -0.1) is 0 Å². The summed E-state index contributed by atoms with van der Waals surface area (Å²) in [6.07, 6.45) is 2.76. The first-order chi connectivity index (χ1) is 19.6. The third-order valence-electron chi connectivity index (χ3n) is 7.12. The summed E-state index contributed by atoms with van der Waals surface area (Å²) in [4.78, 5) is 41.4. The van der Waals surface area contributed by atoms with Crippen LogP contribution in [0.25, 0.3) is 6.08 Å². The topological polar surface area (TPSA) is 108 Å². The highest BCUT2D eigenvalue weighted by atomic mass is 16.6. The van der Waals surface area contributed by atoms with Gasteiger partial charge in [0, 0.05) is 44.8 Å². The number of nitrogens with zero attached hydrogens (tertiary/aromatic N) is 2. The number of carboxylic acids is 1. The van der Waals surface area contributed by atoms with Crippen LogP contribution in [0.15, 0.2) is 54.1 Å². The molecule has 1 atom stereocenters. The van der Waals surface area contributed by atoms with Gasteiger partial charge in [0.15, 0.2) is 0 Å². The van der Waals surface area contributed by atoms with E-state index in [4.69, 9.17) is 9.47 Å². The molecule has 1 saturated heterocycles. The maximum Gasteiger partial charge on any atom is 0.325 e. The number of carbonyl (C=O) groups excluding carboxylic acids is 2. The molecule has 9 heteroatoms. The van der Waals surface area contributed by atoms with E-state index in [0.29, 0.717) is 45.0 Å². The molecule has 0 aromatic heterocycles. The van der Waals surface area contributed by atoms with Gasteiger partial charge in [-0.2, -0.15) is 0 Å². The minimum atomic E-state index is -1.04. The second kappa shape index (κ2) is 13.8. The molecule has 1 amide bonds. The third kappa shape index (κ3) is 8.90. The second-order valence-corrected chi connectivity index (χ2v) is 11.6. The first kappa shape index (κ1) is 30.3. The first-order valence-electron chi connectivity index (χ1n) is 14.3. The van der Waals surface area contributed by atoms with Crippen LogP contribution in [0.3, 0.4) is 0 Å². The number of benzene rings is 2. The number of rotatable bonds is 11. The molecule has 2 aliphatic rings.